The highest BCUT2D eigenvalue weighted by Crippen LogP contribution is 2.14. The van der Waals surface area contributed by atoms with Gasteiger partial charge < -0.3 is 10.4 Å². The monoisotopic (exact) mass is 171 g/mol. The van der Waals surface area contributed by atoms with E-state index in [1.165, 1.54) is 0 Å². The number of thiocarbonyl (C=S) groups is 1. The Labute approximate surface area is 72.3 Å². The van der Waals surface area contributed by atoms with Gasteiger partial charge in [0.15, 0.2) is 0 Å². The molecule has 2 N–H and O–H groups in total. The van der Waals surface area contributed by atoms with E-state index in [4.69, 9.17) is 12.2 Å². The summed E-state index contributed by atoms with van der Waals surface area (Å²) in [7, 11) is 0. The molecule has 1 atom stereocenters. The second-order valence-corrected chi connectivity index (χ2v) is 3.64. The van der Waals surface area contributed by atoms with Crippen LogP contribution in [0.2, 0.25) is 0 Å². The van der Waals surface area contributed by atoms with E-state index in [0.717, 1.165) is 0 Å². The highest BCUT2D eigenvalue weighted by molar-refractivity contribution is 7.80. The van der Waals surface area contributed by atoms with Gasteiger partial charge in [0.25, 0.3) is 0 Å². The minimum Gasteiger partial charge on any atom is -0.512 e. The molecule has 0 bridgehead atoms. The van der Waals surface area contributed by atoms with Gasteiger partial charge in [0, 0.05) is 18.5 Å². The van der Waals surface area contributed by atoms with Crippen molar-refractivity contribution in [2.45, 2.75) is 26.3 Å². The van der Waals surface area contributed by atoms with Gasteiger partial charge in [0.05, 0.1) is 5.76 Å². The molecule has 0 aliphatic carbocycles. The molecule has 0 fully saturated rings. The van der Waals surface area contributed by atoms with Gasteiger partial charge in [-0.25, -0.2) is 0 Å². The van der Waals surface area contributed by atoms with E-state index in [1.807, 2.05) is 0 Å². The van der Waals surface area contributed by atoms with Gasteiger partial charge in [-0.15, -0.1) is 0 Å². The Morgan fingerprint density at radius 3 is 2.82 bits per heavy atom. The minimum absolute atomic E-state index is 0.299. The third-order valence-electron chi connectivity index (χ3n) is 1.86. The first-order chi connectivity index (χ1) is 5.09. The van der Waals surface area contributed by atoms with Crippen LogP contribution in [0.15, 0.2) is 11.8 Å². The van der Waals surface area contributed by atoms with Crippen LogP contribution >= 0.6 is 12.2 Å². The average Bonchev–Trinajstić information content (AvgIpc) is 1.85. The van der Waals surface area contributed by atoms with Crippen LogP contribution in [0, 0.1) is 5.92 Å². The van der Waals surface area contributed by atoms with Crippen LogP contribution in [0.1, 0.15) is 20.3 Å². The van der Waals surface area contributed by atoms with Crippen LogP contribution in [0.4, 0.5) is 0 Å². The summed E-state index contributed by atoms with van der Waals surface area (Å²) >= 11 is 4.93. The van der Waals surface area contributed by atoms with E-state index >= 15 is 0 Å². The molecule has 1 aliphatic rings. The Bertz CT molecular complexity index is 198. The maximum absolute atomic E-state index is 9.23. The number of aliphatic hydroxyl groups is 1. The maximum atomic E-state index is 9.23. The summed E-state index contributed by atoms with van der Waals surface area (Å²) in [6, 6.07) is 0.299. The lowest BCUT2D eigenvalue weighted by molar-refractivity contribution is 0.333. The fraction of sp³-hybridized carbons (Fsp3) is 0.625. The van der Waals surface area contributed by atoms with Crippen molar-refractivity contribution in [1.82, 2.24) is 5.32 Å². The third kappa shape index (κ3) is 2.19. The lowest BCUT2D eigenvalue weighted by atomic mass is 9.98. The fourth-order valence-electron chi connectivity index (χ4n) is 1.11. The normalized spacial score (nSPS) is 24.8. The predicted molar refractivity (Wildman–Crippen MR) is 49.7 cm³/mol. The lowest BCUT2D eigenvalue weighted by Gasteiger charge is -2.26. The highest BCUT2D eigenvalue weighted by Gasteiger charge is 2.19. The summed E-state index contributed by atoms with van der Waals surface area (Å²) in [5.74, 6) is 0.899. The summed E-state index contributed by atoms with van der Waals surface area (Å²) in [5, 5.41) is 12.4. The number of rotatable bonds is 1. The van der Waals surface area contributed by atoms with Gasteiger partial charge in [-0.3, -0.25) is 0 Å². The van der Waals surface area contributed by atoms with Crippen LogP contribution in [-0.2, 0) is 0 Å². The van der Waals surface area contributed by atoms with Crippen molar-refractivity contribution >= 4 is 17.2 Å². The van der Waals surface area contributed by atoms with Crippen molar-refractivity contribution in [2.24, 2.45) is 5.92 Å². The fourth-order valence-corrected chi connectivity index (χ4v) is 1.40. The number of aliphatic hydroxyl groups excluding tert-OH is 1. The van der Waals surface area contributed by atoms with Gasteiger partial charge >= 0.3 is 0 Å². The molecule has 0 saturated carbocycles. The van der Waals surface area contributed by atoms with Crippen molar-refractivity contribution in [1.29, 1.82) is 0 Å². The molecule has 3 heteroatoms. The van der Waals surface area contributed by atoms with E-state index in [2.05, 4.69) is 19.2 Å². The second kappa shape index (κ2) is 3.22. The predicted octanol–water partition coefficient (Wildman–Crippen LogP) is 1.77. The van der Waals surface area contributed by atoms with Gasteiger partial charge in [-0.05, 0) is 5.92 Å². The van der Waals surface area contributed by atoms with Crippen molar-refractivity contribution in [3.8, 4) is 0 Å². The molecule has 0 saturated heterocycles. The molecule has 62 valence electrons. The Hall–Kier alpha value is -0.570. The summed E-state index contributed by atoms with van der Waals surface area (Å²) in [6.45, 7) is 4.22. The standard InChI is InChI=1S/C8H13NOS/c1-5(2)7-3-6(10)4-8(11)9-7/h4-5,7,10H,3H2,1-2H3,(H,9,11). The molecule has 1 heterocycles. The topological polar surface area (TPSA) is 32.3 Å². The number of nitrogens with one attached hydrogen (secondary N) is 1. The summed E-state index contributed by atoms with van der Waals surface area (Å²) in [6.07, 6.45) is 2.30. The first kappa shape index (κ1) is 8.53. The van der Waals surface area contributed by atoms with Gasteiger partial charge in [0.1, 0.15) is 4.99 Å². The zero-order valence-electron chi connectivity index (χ0n) is 6.79. The van der Waals surface area contributed by atoms with E-state index < -0.39 is 0 Å². The Morgan fingerprint density at radius 1 is 1.73 bits per heavy atom. The van der Waals surface area contributed by atoms with Crippen LogP contribution in [0.3, 0.4) is 0 Å². The van der Waals surface area contributed by atoms with Crippen molar-refractivity contribution in [3.63, 3.8) is 0 Å². The molecule has 0 amide bonds. The first-order valence-corrected chi connectivity index (χ1v) is 4.20. The van der Waals surface area contributed by atoms with Crippen LogP contribution in [-0.4, -0.2) is 16.1 Å². The van der Waals surface area contributed by atoms with Gasteiger partial charge in [-0.1, -0.05) is 26.1 Å². The smallest absolute Gasteiger partial charge is 0.102 e. The average molecular weight is 171 g/mol. The van der Waals surface area contributed by atoms with Crippen molar-refractivity contribution < 1.29 is 5.11 Å². The number of hydrogen-bond acceptors (Lipinski definition) is 2. The molecule has 1 unspecified atom stereocenters. The Kier molecular flexibility index (Phi) is 2.49. The molecule has 0 aromatic carbocycles. The molecule has 1 aliphatic heterocycles. The minimum atomic E-state index is 0.299. The van der Waals surface area contributed by atoms with Crippen LogP contribution in [0.25, 0.3) is 0 Å². The Balaban J connectivity index is 2.64. The second-order valence-electron chi connectivity index (χ2n) is 3.20. The van der Waals surface area contributed by atoms with E-state index in [1.54, 1.807) is 6.08 Å². The van der Waals surface area contributed by atoms with Crippen molar-refractivity contribution in [2.75, 3.05) is 0 Å². The van der Waals surface area contributed by atoms with Gasteiger partial charge in [0.2, 0.25) is 0 Å². The lowest BCUT2D eigenvalue weighted by Crippen LogP contribution is -2.40. The summed E-state index contributed by atoms with van der Waals surface area (Å²) in [5.41, 5.74) is 0. The zero-order valence-corrected chi connectivity index (χ0v) is 7.61. The zero-order chi connectivity index (χ0) is 8.43. The van der Waals surface area contributed by atoms with E-state index in [9.17, 15) is 5.11 Å². The maximum Gasteiger partial charge on any atom is 0.102 e. The Morgan fingerprint density at radius 2 is 2.36 bits per heavy atom. The largest absolute Gasteiger partial charge is 0.512 e. The molecule has 2 nitrogen and oxygen atoms in total. The SMILES string of the molecule is CC(C)C1CC(O)=CC(=S)N1. The summed E-state index contributed by atoms with van der Waals surface area (Å²) in [4.78, 5) is 0.646. The van der Waals surface area contributed by atoms with Crippen LogP contribution < -0.4 is 5.32 Å². The molecule has 0 aromatic rings. The van der Waals surface area contributed by atoms with E-state index in [0.29, 0.717) is 29.1 Å². The molecule has 1 rings (SSSR count). The third-order valence-corrected chi connectivity index (χ3v) is 2.09. The highest BCUT2D eigenvalue weighted by atomic mass is 32.1. The van der Waals surface area contributed by atoms with Gasteiger partial charge in [-0.2, -0.15) is 0 Å². The first-order valence-electron chi connectivity index (χ1n) is 3.79. The van der Waals surface area contributed by atoms with Crippen molar-refractivity contribution in [3.05, 3.63) is 11.8 Å². The molecule has 11 heavy (non-hydrogen) atoms. The molecular formula is C8H13NOS. The molecular weight excluding hydrogens is 158 g/mol. The summed E-state index contributed by atoms with van der Waals surface area (Å²) < 4.78 is 0. The number of hydrogen-bond donors (Lipinski definition) is 2. The molecule has 0 spiro atoms. The quantitative estimate of drug-likeness (QED) is 0.590. The van der Waals surface area contributed by atoms with Crippen LogP contribution in [0.5, 0.6) is 0 Å². The van der Waals surface area contributed by atoms with E-state index in [-0.39, 0.29) is 0 Å². The molecule has 0 radical (unpaired) electrons. The molecule has 0 aromatic heterocycles.